The molecule has 0 N–H and O–H groups in total. The maximum atomic E-state index is 12.0. The van der Waals surface area contributed by atoms with Gasteiger partial charge in [-0.15, -0.1) is 11.3 Å². The molecule has 0 fully saturated rings. The van der Waals surface area contributed by atoms with Gasteiger partial charge in [0.25, 0.3) is 0 Å². The summed E-state index contributed by atoms with van der Waals surface area (Å²) >= 11 is 1.33. The summed E-state index contributed by atoms with van der Waals surface area (Å²) in [7, 11) is 1.62. The first kappa shape index (κ1) is 15.7. The average Bonchev–Trinajstić information content (AvgIpc) is 3.16. The van der Waals surface area contributed by atoms with Gasteiger partial charge in [0, 0.05) is 31.1 Å². The van der Waals surface area contributed by atoms with Crippen molar-refractivity contribution in [2.24, 2.45) is 7.05 Å². The fourth-order valence-corrected chi connectivity index (χ4v) is 3.83. The van der Waals surface area contributed by atoms with E-state index in [1.165, 1.54) is 20.4 Å². The van der Waals surface area contributed by atoms with Crippen molar-refractivity contribution in [2.45, 2.75) is 6.92 Å². The van der Waals surface area contributed by atoms with E-state index in [-0.39, 0.29) is 11.7 Å². The molecule has 4 heterocycles. The van der Waals surface area contributed by atoms with Crippen LogP contribution in [0.1, 0.15) is 16.6 Å². The van der Waals surface area contributed by atoms with Gasteiger partial charge < -0.3 is 14.4 Å². The van der Waals surface area contributed by atoms with E-state index in [1.54, 1.807) is 26.2 Å². The summed E-state index contributed by atoms with van der Waals surface area (Å²) in [6.07, 6.45) is 1.70. The van der Waals surface area contributed by atoms with Gasteiger partial charge in [0.05, 0.1) is 13.2 Å². The van der Waals surface area contributed by atoms with Gasteiger partial charge in [-0.3, -0.25) is 4.40 Å². The molecule has 4 rings (SSSR count). The highest BCUT2D eigenvalue weighted by molar-refractivity contribution is 7.18. The Labute approximate surface area is 146 Å². The molecule has 8 nitrogen and oxygen atoms in total. The molecule has 0 saturated carbocycles. The topological polar surface area (TPSA) is 78.1 Å². The smallest absolute Gasteiger partial charge is 0.350 e. The third-order valence-electron chi connectivity index (χ3n) is 3.94. The van der Waals surface area contributed by atoms with E-state index >= 15 is 0 Å². The van der Waals surface area contributed by atoms with Crippen molar-refractivity contribution >= 4 is 33.6 Å². The van der Waals surface area contributed by atoms with Crippen LogP contribution in [0.5, 0.6) is 5.75 Å². The fourth-order valence-electron chi connectivity index (χ4n) is 2.79. The molecule has 0 bridgehead atoms. The number of aryl methyl sites for hydroxylation is 1. The van der Waals surface area contributed by atoms with E-state index in [0.717, 1.165) is 10.7 Å². The molecule has 25 heavy (non-hydrogen) atoms. The second-order valence-electron chi connectivity index (χ2n) is 5.52. The Bertz CT molecular complexity index is 1020. The predicted molar refractivity (Wildman–Crippen MR) is 93.2 cm³/mol. The molecule has 0 radical (unpaired) electrons. The van der Waals surface area contributed by atoms with Gasteiger partial charge in [0.15, 0.2) is 11.4 Å². The third-order valence-corrected chi connectivity index (χ3v) is 5.06. The number of esters is 1. The molecule has 0 amide bonds. The molecule has 0 atom stereocenters. The molecular weight excluding hydrogens is 344 g/mol. The molecule has 1 aliphatic heterocycles. The van der Waals surface area contributed by atoms with Crippen LogP contribution in [-0.2, 0) is 11.8 Å². The molecule has 3 aromatic rings. The van der Waals surface area contributed by atoms with Crippen molar-refractivity contribution in [2.75, 3.05) is 24.7 Å². The van der Waals surface area contributed by atoms with E-state index in [2.05, 4.69) is 10.00 Å². The minimum atomic E-state index is -0.350. The molecule has 0 unspecified atom stereocenters. The van der Waals surface area contributed by atoms with E-state index in [4.69, 9.17) is 9.47 Å². The number of fused-ring (bicyclic) bond motifs is 2. The summed E-state index contributed by atoms with van der Waals surface area (Å²) in [6.45, 7) is 3.25. The Morgan fingerprint density at radius 2 is 2.28 bits per heavy atom. The number of ether oxygens (including phenoxy) is 2. The lowest BCUT2D eigenvalue weighted by Gasteiger charge is -2.28. The van der Waals surface area contributed by atoms with Gasteiger partial charge in [0.2, 0.25) is 0 Å². The summed E-state index contributed by atoms with van der Waals surface area (Å²) in [6, 6.07) is 5.42. The first-order valence-corrected chi connectivity index (χ1v) is 8.67. The van der Waals surface area contributed by atoms with Crippen LogP contribution < -0.4 is 15.3 Å². The average molecular weight is 360 g/mol. The first-order chi connectivity index (χ1) is 12.1. The normalized spacial score (nSPS) is 13.6. The van der Waals surface area contributed by atoms with Crippen molar-refractivity contribution in [3.8, 4) is 5.75 Å². The molecule has 3 aromatic heterocycles. The van der Waals surface area contributed by atoms with Crippen LogP contribution in [-0.4, -0.2) is 39.9 Å². The summed E-state index contributed by atoms with van der Waals surface area (Å²) in [5, 5.41) is 5.06. The Balaban J connectivity index is 1.75. The molecule has 0 saturated heterocycles. The van der Waals surface area contributed by atoms with Crippen LogP contribution in [0.25, 0.3) is 5.65 Å². The minimum absolute atomic E-state index is 0.190. The summed E-state index contributed by atoms with van der Waals surface area (Å²) in [5.41, 5.74) is 1.27. The van der Waals surface area contributed by atoms with Crippen molar-refractivity contribution in [3.63, 3.8) is 0 Å². The van der Waals surface area contributed by atoms with E-state index < -0.39 is 0 Å². The molecule has 1 aliphatic rings. The molecule has 0 spiro atoms. The van der Waals surface area contributed by atoms with Gasteiger partial charge in [-0.25, -0.2) is 14.3 Å². The summed E-state index contributed by atoms with van der Waals surface area (Å²) in [4.78, 5) is 26.5. The van der Waals surface area contributed by atoms with Gasteiger partial charge in [-0.2, -0.15) is 5.10 Å². The van der Waals surface area contributed by atoms with Crippen molar-refractivity contribution in [1.29, 1.82) is 0 Å². The van der Waals surface area contributed by atoms with Crippen molar-refractivity contribution in [1.82, 2.24) is 14.2 Å². The van der Waals surface area contributed by atoms with Crippen LogP contribution >= 0.6 is 11.3 Å². The lowest BCUT2D eigenvalue weighted by Crippen LogP contribution is -2.27. The number of nitrogens with zero attached hydrogens (tertiary/aromatic N) is 4. The Morgan fingerprint density at radius 1 is 1.44 bits per heavy atom. The van der Waals surface area contributed by atoms with Gasteiger partial charge in [-0.1, -0.05) is 0 Å². The maximum Gasteiger partial charge on any atom is 0.350 e. The lowest BCUT2D eigenvalue weighted by atomic mass is 10.3. The highest BCUT2D eigenvalue weighted by Crippen LogP contribution is 2.43. The number of hydrogen-bond acceptors (Lipinski definition) is 7. The fraction of sp³-hybridized carbons (Fsp3) is 0.312. The molecule has 130 valence electrons. The zero-order chi connectivity index (χ0) is 17.6. The number of carbonyl (C=O) groups excluding carboxylic acids is 1. The molecular formula is C16H16N4O4S. The number of carbonyl (C=O) groups is 1. The zero-order valence-corrected chi connectivity index (χ0v) is 14.6. The number of aromatic nitrogens is 3. The second kappa shape index (κ2) is 5.92. The maximum absolute atomic E-state index is 12.0. The number of hydrogen-bond donors (Lipinski definition) is 0. The van der Waals surface area contributed by atoms with Crippen molar-refractivity contribution in [3.05, 3.63) is 39.8 Å². The highest BCUT2D eigenvalue weighted by Gasteiger charge is 2.26. The number of thiophene rings is 1. The monoisotopic (exact) mass is 360 g/mol. The molecule has 9 heteroatoms. The SMILES string of the molecule is CCOC(=O)c1cc2c(s1)N(c1ccn3c(=O)n(C)nc3c1)CCO2. The number of anilines is 2. The van der Waals surface area contributed by atoms with Gasteiger partial charge in [0.1, 0.15) is 16.5 Å². The number of rotatable bonds is 3. The van der Waals surface area contributed by atoms with Crippen LogP contribution in [0, 0.1) is 0 Å². The second-order valence-corrected chi connectivity index (χ2v) is 6.55. The Morgan fingerprint density at radius 3 is 3.08 bits per heavy atom. The lowest BCUT2D eigenvalue weighted by molar-refractivity contribution is 0.0532. The Kier molecular flexibility index (Phi) is 3.72. The predicted octanol–water partition coefficient (Wildman–Crippen LogP) is 1.80. The number of pyridine rings is 1. The summed E-state index contributed by atoms with van der Waals surface area (Å²) in [5.74, 6) is 0.315. The van der Waals surface area contributed by atoms with Gasteiger partial charge in [-0.05, 0) is 13.0 Å². The van der Waals surface area contributed by atoms with E-state index in [1.807, 2.05) is 12.1 Å². The summed E-state index contributed by atoms with van der Waals surface area (Å²) < 4.78 is 13.5. The minimum Gasteiger partial charge on any atom is -0.489 e. The van der Waals surface area contributed by atoms with E-state index in [0.29, 0.717) is 36.0 Å². The van der Waals surface area contributed by atoms with E-state index in [9.17, 15) is 9.59 Å². The largest absolute Gasteiger partial charge is 0.489 e. The highest BCUT2D eigenvalue weighted by atomic mass is 32.1. The van der Waals surface area contributed by atoms with Crippen LogP contribution in [0.4, 0.5) is 10.7 Å². The standard InChI is InChI=1S/C16H16N4O4S/c1-3-23-15(21)12-9-11-14(25-12)19(6-7-24-11)10-4-5-20-13(8-10)17-18(2)16(20)22/h4-5,8-9H,3,6-7H2,1-2H3. The Hall–Kier alpha value is -2.81. The van der Waals surface area contributed by atoms with Gasteiger partial charge >= 0.3 is 11.7 Å². The molecule has 0 aromatic carbocycles. The van der Waals surface area contributed by atoms with Crippen molar-refractivity contribution < 1.29 is 14.3 Å². The van der Waals surface area contributed by atoms with Crippen LogP contribution in [0.3, 0.4) is 0 Å². The zero-order valence-electron chi connectivity index (χ0n) is 13.8. The molecule has 0 aliphatic carbocycles. The van der Waals surface area contributed by atoms with Crippen LogP contribution in [0.2, 0.25) is 0 Å². The van der Waals surface area contributed by atoms with Crippen LogP contribution in [0.15, 0.2) is 29.2 Å². The first-order valence-electron chi connectivity index (χ1n) is 7.85. The quantitative estimate of drug-likeness (QED) is 0.663. The third kappa shape index (κ3) is 2.56.